The van der Waals surface area contributed by atoms with Gasteiger partial charge in [-0.3, -0.25) is 14.5 Å². The molecule has 0 aliphatic carbocycles. The van der Waals surface area contributed by atoms with E-state index >= 15 is 0 Å². The molecule has 1 fully saturated rings. The molecule has 0 aromatic heterocycles. The largest absolute Gasteiger partial charge is 0.420 e. The third-order valence-corrected chi connectivity index (χ3v) is 3.03. The number of aliphatic hydroxyl groups excluding tert-OH is 1. The molecule has 0 aromatic carbocycles. The zero-order valence-electron chi connectivity index (χ0n) is 7.54. The Morgan fingerprint density at radius 3 is 2.80 bits per heavy atom. The van der Waals surface area contributed by atoms with Crippen LogP contribution in [0.5, 0.6) is 0 Å². The van der Waals surface area contributed by atoms with Crippen LogP contribution in [0.4, 0.5) is 0 Å². The molecule has 1 aliphatic rings. The van der Waals surface area contributed by atoms with Crippen LogP contribution < -0.4 is 0 Å². The third-order valence-electron chi connectivity index (χ3n) is 1.71. The number of carbonyl (C=O) groups excluding carboxylic acids is 2. The molecule has 1 amide bonds. The molecule has 1 saturated heterocycles. The van der Waals surface area contributed by atoms with Gasteiger partial charge in [-0.1, -0.05) is 12.2 Å². The SMILES string of the molecule is [N-]=[N+]=C1SC(=S)N(CCC(=O)CO)C1=O. The number of thiocarbonyl (C=S) groups is 1. The van der Waals surface area contributed by atoms with Gasteiger partial charge >= 0.3 is 11.0 Å². The lowest BCUT2D eigenvalue weighted by molar-refractivity contribution is -0.125. The quantitative estimate of drug-likeness (QED) is 0.406. The van der Waals surface area contributed by atoms with E-state index in [1.54, 1.807) is 0 Å². The maximum absolute atomic E-state index is 11.4. The molecule has 0 unspecified atom stereocenters. The normalized spacial score (nSPS) is 15.8. The molecule has 1 heterocycles. The van der Waals surface area contributed by atoms with Gasteiger partial charge in [-0.15, -0.1) is 0 Å². The van der Waals surface area contributed by atoms with Crippen molar-refractivity contribution in [2.24, 2.45) is 0 Å². The number of Topliss-reactive ketones (excluding diaryl/α,β-unsaturated/α-hetero) is 1. The summed E-state index contributed by atoms with van der Waals surface area (Å²) >= 11 is 5.73. The number of rotatable bonds is 4. The highest BCUT2D eigenvalue weighted by Gasteiger charge is 2.40. The number of hydrogen-bond donors (Lipinski definition) is 1. The van der Waals surface area contributed by atoms with Crippen LogP contribution in [0.3, 0.4) is 0 Å². The van der Waals surface area contributed by atoms with Crippen LogP contribution >= 0.6 is 24.0 Å². The lowest BCUT2D eigenvalue weighted by atomic mass is 10.3. The Kier molecular flexibility index (Phi) is 4.10. The second kappa shape index (κ2) is 5.13. The Labute approximate surface area is 94.9 Å². The van der Waals surface area contributed by atoms with Crippen molar-refractivity contribution in [1.29, 1.82) is 0 Å². The Bertz CT molecular complexity index is 376. The van der Waals surface area contributed by atoms with Gasteiger partial charge in [0.1, 0.15) is 6.61 Å². The van der Waals surface area contributed by atoms with E-state index in [2.05, 4.69) is 4.79 Å². The molecule has 1 rings (SSSR count). The first-order chi connectivity index (χ1) is 7.10. The number of thioether (sulfide) groups is 1. The van der Waals surface area contributed by atoms with E-state index in [-0.39, 0.29) is 28.1 Å². The Morgan fingerprint density at radius 2 is 2.33 bits per heavy atom. The molecule has 0 saturated carbocycles. The van der Waals surface area contributed by atoms with Crippen LogP contribution in [0.2, 0.25) is 0 Å². The topological polar surface area (TPSA) is 94.0 Å². The average Bonchev–Trinajstić information content (AvgIpc) is 2.51. The van der Waals surface area contributed by atoms with Crippen molar-refractivity contribution in [1.82, 2.24) is 4.90 Å². The highest BCUT2D eigenvalue weighted by atomic mass is 32.2. The summed E-state index contributed by atoms with van der Waals surface area (Å²) < 4.78 is 0.249. The standard InChI is InChI=1S/C7H7N3O3S2/c8-9-5-6(13)10(7(14)15-5)2-1-4(12)3-11/h11H,1-3H2. The number of amides is 1. The van der Waals surface area contributed by atoms with Crippen LogP contribution in [-0.4, -0.2) is 49.0 Å². The molecule has 6 nitrogen and oxygen atoms in total. The highest BCUT2D eigenvalue weighted by molar-refractivity contribution is 8.34. The summed E-state index contributed by atoms with van der Waals surface area (Å²) in [5, 5.41) is 8.38. The van der Waals surface area contributed by atoms with Gasteiger partial charge < -0.3 is 10.6 Å². The number of aliphatic hydroxyl groups is 1. The molecule has 1 aliphatic heterocycles. The maximum Gasteiger partial charge on any atom is 0.420 e. The van der Waals surface area contributed by atoms with E-state index < -0.39 is 12.5 Å². The van der Waals surface area contributed by atoms with E-state index in [4.69, 9.17) is 22.9 Å². The van der Waals surface area contributed by atoms with Gasteiger partial charge in [-0.05, 0) is 0 Å². The summed E-state index contributed by atoms with van der Waals surface area (Å²) in [5.74, 6) is -0.886. The first-order valence-electron chi connectivity index (χ1n) is 3.98. The van der Waals surface area contributed by atoms with Gasteiger partial charge in [-0.25, -0.2) is 0 Å². The van der Waals surface area contributed by atoms with Crippen molar-refractivity contribution in [2.75, 3.05) is 13.2 Å². The molecule has 8 heteroatoms. The average molecular weight is 245 g/mol. The third kappa shape index (κ3) is 2.69. The first-order valence-corrected chi connectivity index (χ1v) is 5.21. The molecular formula is C7H7N3O3S2. The van der Waals surface area contributed by atoms with E-state index in [9.17, 15) is 9.59 Å². The maximum atomic E-state index is 11.4. The monoisotopic (exact) mass is 245 g/mol. The van der Waals surface area contributed by atoms with Crippen molar-refractivity contribution in [3.63, 3.8) is 0 Å². The number of carbonyl (C=O) groups is 2. The Balaban J connectivity index is 2.63. The molecule has 0 bridgehead atoms. The van der Waals surface area contributed by atoms with Crippen LogP contribution in [0.1, 0.15) is 6.42 Å². The predicted octanol–water partition coefficient (Wildman–Crippen LogP) is -0.573. The van der Waals surface area contributed by atoms with Crippen molar-refractivity contribution in [3.05, 3.63) is 5.53 Å². The summed E-state index contributed by atoms with van der Waals surface area (Å²) in [7, 11) is 0. The highest BCUT2D eigenvalue weighted by Crippen LogP contribution is 2.21. The molecule has 0 aromatic rings. The summed E-state index contributed by atoms with van der Waals surface area (Å²) in [6, 6.07) is 0. The fourth-order valence-electron chi connectivity index (χ4n) is 0.951. The van der Waals surface area contributed by atoms with Crippen molar-refractivity contribution >= 4 is 45.0 Å². The zero-order chi connectivity index (χ0) is 11.4. The summed E-state index contributed by atoms with van der Waals surface area (Å²) in [4.78, 5) is 26.2. The summed E-state index contributed by atoms with van der Waals surface area (Å²) in [6.07, 6.45) is 0.0294. The Morgan fingerprint density at radius 1 is 1.67 bits per heavy atom. The number of ketones is 1. The van der Waals surface area contributed by atoms with Gasteiger partial charge in [0.15, 0.2) is 10.1 Å². The smallest absolute Gasteiger partial charge is 0.389 e. The van der Waals surface area contributed by atoms with E-state index in [1.807, 2.05) is 0 Å². The lowest BCUT2D eigenvalue weighted by Crippen LogP contribution is -2.32. The van der Waals surface area contributed by atoms with Gasteiger partial charge in [0, 0.05) is 24.7 Å². The van der Waals surface area contributed by atoms with Crippen molar-refractivity contribution < 1.29 is 19.5 Å². The lowest BCUT2D eigenvalue weighted by Gasteiger charge is -2.11. The second-order valence-corrected chi connectivity index (χ2v) is 4.30. The van der Waals surface area contributed by atoms with Crippen LogP contribution in [0, 0.1) is 0 Å². The molecule has 15 heavy (non-hydrogen) atoms. The Hall–Kier alpha value is -1.08. The molecule has 0 atom stereocenters. The minimum absolute atomic E-state index is 0.0294. The van der Waals surface area contributed by atoms with Crippen LogP contribution in [-0.2, 0) is 9.59 Å². The van der Waals surface area contributed by atoms with Gasteiger partial charge in [-0.2, -0.15) is 4.79 Å². The van der Waals surface area contributed by atoms with Gasteiger partial charge in [0.2, 0.25) is 0 Å². The molecule has 0 radical (unpaired) electrons. The van der Waals surface area contributed by atoms with Crippen molar-refractivity contribution in [2.45, 2.75) is 6.42 Å². The van der Waals surface area contributed by atoms with E-state index in [1.165, 1.54) is 4.90 Å². The number of hydrogen-bond acceptors (Lipinski definition) is 5. The van der Waals surface area contributed by atoms with E-state index in [0.29, 0.717) is 0 Å². The summed E-state index contributed by atoms with van der Waals surface area (Å²) in [6.45, 7) is -0.452. The zero-order valence-corrected chi connectivity index (χ0v) is 9.18. The number of nitrogens with zero attached hydrogens (tertiary/aromatic N) is 3. The molecule has 80 valence electrons. The second-order valence-electron chi connectivity index (χ2n) is 2.68. The molecule has 0 spiro atoms. The molecule has 1 N–H and O–H groups in total. The predicted molar refractivity (Wildman–Crippen MR) is 57.2 cm³/mol. The minimum Gasteiger partial charge on any atom is -0.389 e. The van der Waals surface area contributed by atoms with Gasteiger partial charge in [0.05, 0.1) is 0 Å². The fraction of sp³-hybridized carbons (Fsp3) is 0.429. The van der Waals surface area contributed by atoms with Crippen molar-refractivity contribution in [3.8, 4) is 0 Å². The fourth-order valence-corrected chi connectivity index (χ4v) is 2.05. The minimum atomic E-state index is -0.553. The van der Waals surface area contributed by atoms with E-state index in [0.717, 1.165) is 11.8 Å². The summed E-state index contributed by atoms with van der Waals surface area (Å²) in [5.41, 5.74) is 8.45. The van der Waals surface area contributed by atoms with Crippen LogP contribution in [0.25, 0.3) is 5.53 Å². The first kappa shape index (κ1) is 12.0. The molecular weight excluding hydrogens is 238 g/mol. The van der Waals surface area contributed by atoms with Crippen LogP contribution in [0.15, 0.2) is 0 Å². The van der Waals surface area contributed by atoms with Gasteiger partial charge in [0.25, 0.3) is 0 Å².